The van der Waals surface area contributed by atoms with Crippen LogP contribution < -0.4 is 10.6 Å². The molecule has 4 nitrogen and oxygen atoms in total. The van der Waals surface area contributed by atoms with Crippen molar-refractivity contribution in [3.63, 3.8) is 0 Å². The number of carbonyl (C=O) groups is 1. The molecule has 1 aliphatic heterocycles. The van der Waals surface area contributed by atoms with Gasteiger partial charge in [-0.1, -0.05) is 20.8 Å². The molecule has 0 aromatic heterocycles. The van der Waals surface area contributed by atoms with Crippen LogP contribution in [0.2, 0.25) is 0 Å². The van der Waals surface area contributed by atoms with Gasteiger partial charge in [0.15, 0.2) is 0 Å². The molecule has 104 valence electrons. The Morgan fingerprint density at radius 2 is 1.89 bits per heavy atom. The predicted molar refractivity (Wildman–Crippen MR) is 71.4 cm³/mol. The SMILES string of the molecule is CC1CC1CNC(=O)NC[C@H]1CCO[C@@H]1C(C)C. The lowest BCUT2D eigenvalue weighted by Gasteiger charge is -2.22. The first-order chi connectivity index (χ1) is 8.58. The van der Waals surface area contributed by atoms with E-state index in [1.54, 1.807) is 0 Å². The third kappa shape index (κ3) is 3.61. The minimum atomic E-state index is -0.0245. The van der Waals surface area contributed by atoms with Crippen LogP contribution >= 0.6 is 0 Å². The number of amides is 2. The molecule has 18 heavy (non-hydrogen) atoms. The highest BCUT2D eigenvalue weighted by molar-refractivity contribution is 5.73. The molecule has 1 saturated carbocycles. The molecular formula is C14H26N2O2. The minimum Gasteiger partial charge on any atom is -0.378 e. The average Bonchev–Trinajstić information content (AvgIpc) is 2.85. The van der Waals surface area contributed by atoms with Gasteiger partial charge in [-0.15, -0.1) is 0 Å². The molecule has 2 rings (SSSR count). The summed E-state index contributed by atoms with van der Waals surface area (Å²) in [5, 5.41) is 5.93. The number of nitrogens with one attached hydrogen (secondary N) is 2. The van der Waals surface area contributed by atoms with Gasteiger partial charge in [-0.25, -0.2) is 4.79 Å². The normalized spacial score (nSPS) is 34.7. The van der Waals surface area contributed by atoms with E-state index in [0.717, 1.165) is 32.0 Å². The first kappa shape index (κ1) is 13.7. The molecule has 0 aromatic rings. The van der Waals surface area contributed by atoms with E-state index in [4.69, 9.17) is 4.74 Å². The van der Waals surface area contributed by atoms with Crippen molar-refractivity contribution in [2.75, 3.05) is 19.7 Å². The second kappa shape index (κ2) is 5.91. The van der Waals surface area contributed by atoms with Gasteiger partial charge in [0.2, 0.25) is 0 Å². The molecule has 0 spiro atoms. The van der Waals surface area contributed by atoms with Crippen LogP contribution in [-0.4, -0.2) is 31.8 Å². The minimum absolute atomic E-state index is 0.0245. The fourth-order valence-corrected chi connectivity index (χ4v) is 2.80. The molecule has 4 heteroatoms. The van der Waals surface area contributed by atoms with Crippen LogP contribution in [0.5, 0.6) is 0 Å². The first-order valence-corrected chi connectivity index (χ1v) is 7.21. The molecule has 0 radical (unpaired) electrons. The predicted octanol–water partition coefficient (Wildman–Crippen LogP) is 2.00. The van der Waals surface area contributed by atoms with E-state index in [-0.39, 0.29) is 6.03 Å². The van der Waals surface area contributed by atoms with Crippen molar-refractivity contribution < 1.29 is 9.53 Å². The maximum absolute atomic E-state index is 11.7. The summed E-state index contributed by atoms with van der Waals surface area (Å²) in [6.45, 7) is 8.97. The van der Waals surface area contributed by atoms with Gasteiger partial charge in [0, 0.05) is 25.6 Å². The number of hydrogen-bond donors (Lipinski definition) is 2. The van der Waals surface area contributed by atoms with E-state index >= 15 is 0 Å². The molecule has 1 aliphatic carbocycles. The molecule has 1 saturated heterocycles. The fourth-order valence-electron chi connectivity index (χ4n) is 2.80. The van der Waals surface area contributed by atoms with Crippen molar-refractivity contribution in [3.05, 3.63) is 0 Å². The van der Waals surface area contributed by atoms with E-state index in [1.165, 1.54) is 6.42 Å². The summed E-state index contributed by atoms with van der Waals surface area (Å²) in [6, 6.07) is -0.0245. The van der Waals surface area contributed by atoms with E-state index < -0.39 is 0 Å². The molecule has 2 unspecified atom stereocenters. The molecular weight excluding hydrogens is 228 g/mol. The van der Waals surface area contributed by atoms with Crippen molar-refractivity contribution in [3.8, 4) is 0 Å². The highest BCUT2D eigenvalue weighted by Gasteiger charge is 2.33. The summed E-state index contributed by atoms with van der Waals surface area (Å²) < 4.78 is 5.71. The van der Waals surface area contributed by atoms with E-state index in [1.807, 2.05) is 0 Å². The van der Waals surface area contributed by atoms with Gasteiger partial charge in [0.25, 0.3) is 0 Å². The van der Waals surface area contributed by atoms with Crippen LogP contribution in [0.3, 0.4) is 0 Å². The summed E-state index contributed by atoms with van der Waals surface area (Å²) in [5.41, 5.74) is 0. The van der Waals surface area contributed by atoms with Crippen LogP contribution in [0, 0.1) is 23.7 Å². The smallest absolute Gasteiger partial charge is 0.314 e. The van der Waals surface area contributed by atoms with Crippen LogP contribution in [0.15, 0.2) is 0 Å². The van der Waals surface area contributed by atoms with Crippen molar-refractivity contribution >= 4 is 6.03 Å². The molecule has 0 aromatic carbocycles. The Morgan fingerprint density at radius 1 is 1.28 bits per heavy atom. The zero-order chi connectivity index (χ0) is 13.1. The summed E-state index contributed by atoms with van der Waals surface area (Å²) in [6.07, 6.45) is 2.61. The van der Waals surface area contributed by atoms with Gasteiger partial charge in [-0.05, 0) is 30.6 Å². The number of urea groups is 1. The van der Waals surface area contributed by atoms with E-state index in [2.05, 4.69) is 31.4 Å². The van der Waals surface area contributed by atoms with E-state index in [9.17, 15) is 4.79 Å². The lowest BCUT2D eigenvalue weighted by Crippen LogP contribution is -2.41. The van der Waals surface area contributed by atoms with Gasteiger partial charge >= 0.3 is 6.03 Å². The second-order valence-corrected chi connectivity index (χ2v) is 6.19. The van der Waals surface area contributed by atoms with Crippen molar-refractivity contribution in [2.24, 2.45) is 23.7 Å². The summed E-state index contributed by atoms with van der Waals surface area (Å²) in [7, 11) is 0. The standard InChI is InChI=1S/C14H26N2O2/c1-9(2)13-11(4-5-18-13)7-15-14(17)16-8-12-6-10(12)3/h9-13H,4-8H2,1-3H3,(H2,15,16,17)/t10?,11-,12?,13-/m1/s1. The van der Waals surface area contributed by atoms with Crippen LogP contribution in [0.25, 0.3) is 0 Å². The van der Waals surface area contributed by atoms with Crippen LogP contribution in [0.1, 0.15) is 33.6 Å². The topological polar surface area (TPSA) is 50.4 Å². The van der Waals surface area contributed by atoms with Gasteiger partial charge < -0.3 is 15.4 Å². The second-order valence-electron chi connectivity index (χ2n) is 6.19. The first-order valence-electron chi connectivity index (χ1n) is 7.21. The lowest BCUT2D eigenvalue weighted by molar-refractivity contribution is 0.0545. The molecule has 4 atom stereocenters. The zero-order valence-corrected chi connectivity index (χ0v) is 11.7. The Kier molecular flexibility index (Phi) is 4.49. The van der Waals surface area contributed by atoms with Gasteiger partial charge in [-0.2, -0.15) is 0 Å². The Morgan fingerprint density at radius 3 is 2.44 bits per heavy atom. The zero-order valence-electron chi connectivity index (χ0n) is 11.7. The van der Waals surface area contributed by atoms with Gasteiger partial charge in [-0.3, -0.25) is 0 Å². The van der Waals surface area contributed by atoms with Gasteiger partial charge in [0.05, 0.1) is 6.10 Å². The Hall–Kier alpha value is -0.770. The summed E-state index contributed by atoms with van der Waals surface area (Å²) in [5.74, 6) is 2.48. The van der Waals surface area contributed by atoms with Crippen LogP contribution in [-0.2, 0) is 4.74 Å². The monoisotopic (exact) mass is 254 g/mol. The average molecular weight is 254 g/mol. The van der Waals surface area contributed by atoms with Gasteiger partial charge in [0.1, 0.15) is 0 Å². The third-order valence-corrected chi connectivity index (χ3v) is 4.25. The third-order valence-electron chi connectivity index (χ3n) is 4.25. The molecule has 2 aliphatic rings. The fraction of sp³-hybridized carbons (Fsp3) is 0.929. The molecule has 1 heterocycles. The largest absolute Gasteiger partial charge is 0.378 e. The number of hydrogen-bond acceptors (Lipinski definition) is 2. The number of rotatable bonds is 5. The molecule has 0 bridgehead atoms. The Bertz CT molecular complexity index is 294. The quantitative estimate of drug-likeness (QED) is 0.788. The Labute approximate surface area is 110 Å². The Balaban J connectivity index is 1.62. The number of ether oxygens (including phenoxy) is 1. The lowest BCUT2D eigenvalue weighted by atomic mass is 9.93. The van der Waals surface area contributed by atoms with Crippen molar-refractivity contribution in [2.45, 2.75) is 39.7 Å². The summed E-state index contributed by atoms with van der Waals surface area (Å²) >= 11 is 0. The highest BCUT2D eigenvalue weighted by Crippen LogP contribution is 2.36. The summed E-state index contributed by atoms with van der Waals surface area (Å²) in [4.78, 5) is 11.7. The van der Waals surface area contributed by atoms with Crippen molar-refractivity contribution in [1.29, 1.82) is 0 Å². The molecule has 2 N–H and O–H groups in total. The van der Waals surface area contributed by atoms with Crippen LogP contribution in [0.4, 0.5) is 4.79 Å². The highest BCUT2D eigenvalue weighted by atomic mass is 16.5. The maximum atomic E-state index is 11.7. The molecule has 2 fully saturated rings. The van der Waals surface area contributed by atoms with Crippen molar-refractivity contribution in [1.82, 2.24) is 10.6 Å². The molecule has 2 amide bonds. The van der Waals surface area contributed by atoms with E-state index in [0.29, 0.717) is 23.9 Å². The number of carbonyl (C=O) groups excluding carboxylic acids is 1. The maximum Gasteiger partial charge on any atom is 0.314 e.